The van der Waals surface area contributed by atoms with Gasteiger partial charge in [-0.2, -0.15) is 0 Å². The minimum atomic E-state index is -0.888. The number of rotatable bonds is 4. The number of hydrogen-bond donors (Lipinski definition) is 1. The molecule has 4 heteroatoms. The quantitative estimate of drug-likeness (QED) is 0.847. The van der Waals surface area contributed by atoms with Crippen LogP contribution in [-0.2, 0) is 20.9 Å². The van der Waals surface area contributed by atoms with Gasteiger partial charge < -0.3 is 9.84 Å². The normalized spacial score (nSPS) is 22.7. The molecule has 0 unspecified atom stereocenters. The van der Waals surface area contributed by atoms with Crippen LogP contribution in [-0.4, -0.2) is 17.0 Å². The Bertz CT molecular complexity index is 441. The summed E-state index contributed by atoms with van der Waals surface area (Å²) in [7, 11) is 0. The molecule has 0 spiro atoms. The smallest absolute Gasteiger partial charge is 0.310 e. The summed E-state index contributed by atoms with van der Waals surface area (Å²) in [6.07, 6.45) is 2.96. The third-order valence-electron chi connectivity index (χ3n) is 3.61. The molecular formula is C15H18O4. The van der Waals surface area contributed by atoms with E-state index in [-0.39, 0.29) is 12.6 Å². The fraction of sp³-hybridized carbons (Fsp3) is 0.467. The first kappa shape index (κ1) is 13.6. The summed E-state index contributed by atoms with van der Waals surface area (Å²) < 4.78 is 5.25. The van der Waals surface area contributed by atoms with Gasteiger partial charge in [0.2, 0.25) is 0 Å². The molecule has 1 N–H and O–H groups in total. The van der Waals surface area contributed by atoms with E-state index < -0.39 is 17.8 Å². The fourth-order valence-corrected chi connectivity index (χ4v) is 2.54. The molecule has 0 saturated heterocycles. The largest absolute Gasteiger partial charge is 0.481 e. The van der Waals surface area contributed by atoms with Gasteiger partial charge in [-0.25, -0.2) is 0 Å². The van der Waals surface area contributed by atoms with Crippen LogP contribution in [0.5, 0.6) is 0 Å². The number of esters is 1. The van der Waals surface area contributed by atoms with Crippen molar-refractivity contribution in [2.75, 3.05) is 0 Å². The Morgan fingerprint density at radius 3 is 2.37 bits per heavy atom. The highest BCUT2D eigenvalue weighted by Crippen LogP contribution is 2.31. The first-order chi connectivity index (χ1) is 9.18. The molecule has 2 atom stereocenters. The van der Waals surface area contributed by atoms with Crippen molar-refractivity contribution in [1.82, 2.24) is 0 Å². The highest BCUT2D eigenvalue weighted by atomic mass is 16.5. The molecule has 1 aromatic carbocycles. The van der Waals surface area contributed by atoms with Gasteiger partial charge in [-0.1, -0.05) is 43.2 Å². The summed E-state index contributed by atoms with van der Waals surface area (Å²) in [5.74, 6) is -2.34. The molecule has 1 aromatic rings. The molecule has 2 rings (SSSR count). The summed E-state index contributed by atoms with van der Waals surface area (Å²) in [6.45, 7) is 0.211. The summed E-state index contributed by atoms with van der Waals surface area (Å²) in [5, 5.41) is 9.14. The van der Waals surface area contributed by atoms with Crippen LogP contribution in [0.4, 0.5) is 0 Å². The van der Waals surface area contributed by atoms with Gasteiger partial charge >= 0.3 is 11.9 Å². The number of ether oxygens (including phenoxy) is 1. The van der Waals surface area contributed by atoms with E-state index in [4.69, 9.17) is 9.84 Å². The van der Waals surface area contributed by atoms with Crippen LogP contribution in [0.3, 0.4) is 0 Å². The molecule has 0 heterocycles. The second kappa shape index (κ2) is 6.36. The van der Waals surface area contributed by atoms with E-state index >= 15 is 0 Å². The Morgan fingerprint density at radius 2 is 1.74 bits per heavy atom. The third-order valence-corrected chi connectivity index (χ3v) is 3.61. The Morgan fingerprint density at radius 1 is 1.11 bits per heavy atom. The summed E-state index contributed by atoms with van der Waals surface area (Å²) in [4.78, 5) is 23.1. The van der Waals surface area contributed by atoms with Crippen molar-refractivity contribution in [3.63, 3.8) is 0 Å². The van der Waals surface area contributed by atoms with E-state index in [9.17, 15) is 9.59 Å². The van der Waals surface area contributed by atoms with E-state index in [1.54, 1.807) is 0 Å². The van der Waals surface area contributed by atoms with Gasteiger partial charge in [-0.05, 0) is 18.4 Å². The highest BCUT2D eigenvalue weighted by Gasteiger charge is 2.36. The first-order valence-corrected chi connectivity index (χ1v) is 6.62. The number of carbonyl (C=O) groups excluding carboxylic acids is 1. The van der Waals surface area contributed by atoms with Crippen molar-refractivity contribution in [3.05, 3.63) is 35.9 Å². The van der Waals surface area contributed by atoms with Gasteiger partial charge in [0.15, 0.2) is 0 Å². The highest BCUT2D eigenvalue weighted by molar-refractivity contribution is 5.81. The zero-order valence-corrected chi connectivity index (χ0v) is 10.7. The average Bonchev–Trinajstić information content (AvgIpc) is 2.46. The topological polar surface area (TPSA) is 63.6 Å². The number of aliphatic carboxylic acids is 1. The Kier molecular flexibility index (Phi) is 4.55. The molecule has 0 bridgehead atoms. The lowest BCUT2D eigenvalue weighted by Crippen LogP contribution is -2.33. The molecule has 1 aliphatic carbocycles. The molecular weight excluding hydrogens is 244 g/mol. The van der Waals surface area contributed by atoms with E-state index in [1.165, 1.54) is 0 Å². The Hall–Kier alpha value is -1.84. The van der Waals surface area contributed by atoms with Crippen molar-refractivity contribution in [1.29, 1.82) is 0 Å². The van der Waals surface area contributed by atoms with E-state index in [1.807, 2.05) is 30.3 Å². The zero-order chi connectivity index (χ0) is 13.7. The summed E-state index contributed by atoms with van der Waals surface area (Å²) in [5.41, 5.74) is 0.915. The minimum Gasteiger partial charge on any atom is -0.481 e. The molecule has 0 aromatic heterocycles. The van der Waals surface area contributed by atoms with Crippen molar-refractivity contribution < 1.29 is 19.4 Å². The van der Waals surface area contributed by atoms with Gasteiger partial charge in [0.25, 0.3) is 0 Å². The fourth-order valence-electron chi connectivity index (χ4n) is 2.54. The second-order valence-corrected chi connectivity index (χ2v) is 4.93. The first-order valence-electron chi connectivity index (χ1n) is 6.62. The SMILES string of the molecule is O=C(O)[C@H]1CCCC[C@H]1C(=O)OCc1ccccc1. The molecule has 0 aliphatic heterocycles. The zero-order valence-electron chi connectivity index (χ0n) is 10.7. The van der Waals surface area contributed by atoms with E-state index in [0.717, 1.165) is 18.4 Å². The van der Waals surface area contributed by atoms with Gasteiger partial charge in [0.1, 0.15) is 6.61 Å². The lowest BCUT2D eigenvalue weighted by Gasteiger charge is -2.26. The van der Waals surface area contributed by atoms with E-state index in [0.29, 0.717) is 12.8 Å². The molecule has 19 heavy (non-hydrogen) atoms. The third kappa shape index (κ3) is 3.56. The van der Waals surface area contributed by atoms with Crippen molar-refractivity contribution in [2.45, 2.75) is 32.3 Å². The lowest BCUT2D eigenvalue weighted by molar-refractivity contribution is -0.160. The van der Waals surface area contributed by atoms with Gasteiger partial charge in [0, 0.05) is 0 Å². The van der Waals surface area contributed by atoms with Crippen molar-refractivity contribution in [3.8, 4) is 0 Å². The van der Waals surface area contributed by atoms with Crippen LogP contribution in [0.15, 0.2) is 30.3 Å². The van der Waals surface area contributed by atoms with Crippen molar-refractivity contribution >= 4 is 11.9 Å². The van der Waals surface area contributed by atoms with Crippen LogP contribution in [0, 0.1) is 11.8 Å². The number of hydrogen-bond acceptors (Lipinski definition) is 3. The molecule has 102 valence electrons. The number of carboxylic acid groups (broad SMARTS) is 1. The maximum atomic E-state index is 12.0. The van der Waals surface area contributed by atoms with Gasteiger partial charge in [-0.15, -0.1) is 0 Å². The van der Waals surface area contributed by atoms with Crippen LogP contribution in [0.2, 0.25) is 0 Å². The maximum absolute atomic E-state index is 12.0. The predicted octanol–water partition coefficient (Wildman–Crippen LogP) is 2.62. The van der Waals surface area contributed by atoms with Crippen molar-refractivity contribution in [2.24, 2.45) is 11.8 Å². The summed E-state index contributed by atoms with van der Waals surface area (Å²) in [6, 6.07) is 9.41. The van der Waals surface area contributed by atoms with E-state index in [2.05, 4.69) is 0 Å². The van der Waals surface area contributed by atoms with Crippen LogP contribution < -0.4 is 0 Å². The Balaban J connectivity index is 1.93. The lowest BCUT2D eigenvalue weighted by atomic mass is 9.79. The molecule has 0 amide bonds. The monoisotopic (exact) mass is 262 g/mol. The number of carbonyl (C=O) groups is 2. The molecule has 0 radical (unpaired) electrons. The number of carboxylic acids is 1. The van der Waals surface area contributed by atoms with Crippen LogP contribution >= 0.6 is 0 Å². The minimum absolute atomic E-state index is 0.211. The Labute approximate surface area is 112 Å². The van der Waals surface area contributed by atoms with Crippen LogP contribution in [0.25, 0.3) is 0 Å². The molecule has 1 fully saturated rings. The predicted molar refractivity (Wildman–Crippen MR) is 69.3 cm³/mol. The number of benzene rings is 1. The maximum Gasteiger partial charge on any atom is 0.310 e. The van der Waals surface area contributed by atoms with Gasteiger partial charge in [0.05, 0.1) is 11.8 Å². The molecule has 1 aliphatic rings. The standard InChI is InChI=1S/C15H18O4/c16-14(17)12-8-4-5-9-13(12)15(18)19-10-11-6-2-1-3-7-11/h1-3,6-7,12-13H,4-5,8-10H2,(H,16,17)/t12-,13+/m0/s1. The molecule has 4 nitrogen and oxygen atoms in total. The second-order valence-electron chi connectivity index (χ2n) is 4.93. The average molecular weight is 262 g/mol. The van der Waals surface area contributed by atoms with Crippen LogP contribution in [0.1, 0.15) is 31.2 Å². The van der Waals surface area contributed by atoms with Gasteiger partial charge in [-0.3, -0.25) is 9.59 Å². The molecule has 1 saturated carbocycles. The summed E-state index contributed by atoms with van der Waals surface area (Å²) >= 11 is 0.